The van der Waals surface area contributed by atoms with Crippen molar-refractivity contribution in [3.05, 3.63) is 60.2 Å². The van der Waals surface area contributed by atoms with E-state index in [0.717, 1.165) is 11.1 Å². The third-order valence-electron chi connectivity index (χ3n) is 4.14. The summed E-state index contributed by atoms with van der Waals surface area (Å²) in [5, 5.41) is 0. The lowest BCUT2D eigenvalue weighted by Crippen LogP contribution is -2.47. The second-order valence-electron chi connectivity index (χ2n) is 6.03. The molecule has 0 N–H and O–H groups in total. The number of rotatable bonds is 2. The van der Waals surface area contributed by atoms with Crippen LogP contribution in [0.2, 0.25) is 0 Å². The Hall–Kier alpha value is -2.57. The molecule has 1 aliphatic heterocycles. The zero-order chi connectivity index (χ0) is 16.4. The molecule has 2 aromatic carbocycles. The van der Waals surface area contributed by atoms with Crippen LogP contribution in [-0.2, 0) is 4.74 Å². The summed E-state index contributed by atoms with van der Waals surface area (Å²) in [4.78, 5) is 14.8. The van der Waals surface area contributed by atoms with Gasteiger partial charge >= 0.3 is 0 Å². The minimum Gasteiger partial charge on any atom is -0.353 e. The summed E-state index contributed by atoms with van der Waals surface area (Å²) < 4.78 is 5.71. The highest BCUT2D eigenvalue weighted by Gasteiger charge is 2.43. The number of carbonyl (C=O) groups is 1. The van der Waals surface area contributed by atoms with Crippen LogP contribution in [0.25, 0.3) is 11.1 Å². The van der Waals surface area contributed by atoms with E-state index in [1.54, 1.807) is 4.90 Å². The molecule has 1 fully saturated rings. The van der Waals surface area contributed by atoms with Gasteiger partial charge in [0.2, 0.25) is 0 Å². The number of carbonyl (C=O) groups excluding carboxylic acids is 1. The van der Waals surface area contributed by atoms with Crippen molar-refractivity contribution >= 4 is 5.91 Å². The minimum absolute atomic E-state index is 0.102. The number of benzene rings is 2. The first-order valence-corrected chi connectivity index (χ1v) is 7.63. The summed E-state index contributed by atoms with van der Waals surface area (Å²) >= 11 is 0. The molecule has 1 unspecified atom stereocenters. The minimum atomic E-state index is -0.710. The highest BCUT2D eigenvalue weighted by molar-refractivity contribution is 6.01. The Bertz CT molecular complexity index is 759. The molecule has 0 aliphatic carbocycles. The van der Waals surface area contributed by atoms with Gasteiger partial charge in [-0.1, -0.05) is 54.5 Å². The molecule has 0 radical (unpaired) electrons. The van der Waals surface area contributed by atoms with Gasteiger partial charge in [0.15, 0.2) is 0 Å². The van der Waals surface area contributed by atoms with Gasteiger partial charge < -0.3 is 4.74 Å². The molecular weight excluding hydrogens is 286 g/mol. The average Bonchev–Trinajstić information content (AvgIpc) is 2.89. The van der Waals surface area contributed by atoms with Gasteiger partial charge in [0.05, 0.1) is 6.61 Å². The number of ether oxygens (including phenoxy) is 1. The first kappa shape index (κ1) is 15.3. The first-order valence-electron chi connectivity index (χ1n) is 7.63. The van der Waals surface area contributed by atoms with Crippen molar-refractivity contribution in [2.24, 2.45) is 0 Å². The number of hydrogen-bond donors (Lipinski definition) is 0. The average molecular weight is 305 g/mol. The van der Waals surface area contributed by atoms with E-state index in [4.69, 9.17) is 11.2 Å². The molecule has 1 heterocycles. The fraction of sp³-hybridized carbons (Fsp3) is 0.250. The predicted molar refractivity (Wildman–Crippen MR) is 90.7 cm³/mol. The molecular formula is C20H19NO2. The molecule has 1 amide bonds. The first-order chi connectivity index (χ1) is 11.0. The van der Waals surface area contributed by atoms with Crippen molar-refractivity contribution in [2.75, 3.05) is 6.61 Å². The van der Waals surface area contributed by atoms with Gasteiger partial charge in [-0.3, -0.25) is 9.69 Å². The molecule has 0 spiro atoms. The zero-order valence-corrected chi connectivity index (χ0v) is 13.3. The van der Waals surface area contributed by atoms with E-state index in [-0.39, 0.29) is 11.9 Å². The van der Waals surface area contributed by atoms with Crippen molar-refractivity contribution in [2.45, 2.75) is 25.6 Å². The van der Waals surface area contributed by atoms with E-state index in [9.17, 15) is 4.79 Å². The van der Waals surface area contributed by atoms with E-state index < -0.39 is 5.72 Å². The van der Waals surface area contributed by atoms with Crippen LogP contribution >= 0.6 is 0 Å². The summed E-state index contributed by atoms with van der Waals surface area (Å²) in [6.45, 7) is 4.10. The molecule has 1 saturated heterocycles. The van der Waals surface area contributed by atoms with Crippen LogP contribution in [0.1, 0.15) is 24.2 Å². The Labute approximate surface area is 136 Å². The SMILES string of the molecule is C#CC1COC(C)(C)N1C(=O)c1ccccc1-c1ccccc1. The molecule has 0 bridgehead atoms. The number of hydrogen-bond acceptors (Lipinski definition) is 2. The maximum Gasteiger partial charge on any atom is 0.257 e. The highest BCUT2D eigenvalue weighted by atomic mass is 16.5. The van der Waals surface area contributed by atoms with Gasteiger partial charge in [0, 0.05) is 5.56 Å². The van der Waals surface area contributed by atoms with Gasteiger partial charge in [0.25, 0.3) is 5.91 Å². The van der Waals surface area contributed by atoms with Gasteiger partial charge in [-0.15, -0.1) is 6.42 Å². The number of terminal acetylenes is 1. The maximum absolute atomic E-state index is 13.2. The van der Waals surface area contributed by atoms with Gasteiger partial charge in [0.1, 0.15) is 11.8 Å². The highest BCUT2D eigenvalue weighted by Crippen LogP contribution is 2.32. The summed E-state index contributed by atoms with van der Waals surface area (Å²) in [7, 11) is 0. The van der Waals surface area contributed by atoms with E-state index in [2.05, 4.69) is 5.92 Å². The molecule has 2 aromatic rings. The molecule has 3 heteroatoms. The Kier molecular flexibility index (Phi) is 3.94. The van der Waals surface area contributed by atoms with E-state index >= 15 is 0 Å². The quantitative estimate of drug-likeness (QED) is 0.794. The lowest BCUT2D eigenvalue weighted by molar-refractivity contribution is -0.0390. The smallest absolute Gasteiger partial charge is 0.257 e. The van der Waals surface area contributed by atoms with Crippen molar-refractivity contribution < 1.29 is 9.53 Å². The zero-order valence-electron chi connectivity index (χ0n) is 13.3. The Morgan fingerprint density at radius 2 is 1.83 bits per heavy atom. The number of amides is 1. The lowest BCUT2D eigenvalue weighted by atomic mass is 9.98. The Balaban J connectivity index is 2.06. The topological polar surface area (TPSA) is 29.5 Å². The standard InChI is InChI=1S/C20H19NO2/c1-4-16-14-23-20(2,3)21(16)19(22)18-13-9-8-12-17(18)15-10-6-5-7-11-15/h1,5-13,16H,14H2,2-3H3. The van der Waals surface area contributed by atoms with Crippen LogP contribution in [0.4, 0.5) is 0 Å². The van der Waals surface area contributed by atoms with E-state index in [0.29, 0.717) is 12.2 Å². The Morgan fingerprint density at radius 3 is 2.52 bits per heavy atom. The monoisotopic (exact) mass is 305 g/mol. The molecule has 3 nitrogen and oxygen atoms in total. The van der Waals surface area contributed by atoms with Crippen molar-refractivity contribution in [3.63, 3.8) is 0 Å². The summed E-state index contributed by atoms with van der Waals surface area (Å²) in [6, 6.07) is 17.1. The van der Waals surface area contributed by atoms with Crippen molar-refractivity contribution in [3.8, 4) is 23.5 Å². The van der Waals surface area contributed by atoms with Crippen LogP contribution in [0.15, 0.2) is 54.6 Å². The molecule has 0 saturated carbocycles. The Morgan fingerprint density at radius 1 is 1.17 bits per heavy atom. The summed E-state index contributed by atoms with van der Waals surface area (Å²) in [5.41, 5.74) is 1.83. The summed E-state index contributed by atoms with van der Waals surface area (Å²) in [6.07, 6.45) is 5.59. The number of nitrogens with zero attached hydrogens (tertiary/aromatic N) is 1. The van der Waals surface area contributed by atoms with Gasteiger partial charge in [-0.2, -0.15) is 0 Å². The van der Waals surface area contributed by atoms with Crippen LogP contribution in [0, 0.1) is 12.3 Å². The molecule has 23 heavy (non-hydrogen) atoms. The van der Waals surface area contributed by atoms with Crippen LogP contribution in [-0.4, -0.2) is 29.2 Å². The molecule has 3 rings (SSSR count). The van der Waals surface area contributed by atoms with Crippen LogP contribution in [0.3, 0.4) is 0 Å². The van der Waals surface area contributed by atoms with Gasteiger partial charge in [-0.25, -0.2) is 0 Å². The van der Waals surface area contributed by atoms with E-state index in [1.807, 2.05) is 68.4 Å². The fourth-order valence-corrected chi connectivity index (χ4v) is 2.98. The molecule has 0 aromatic heterocycles. The molecule has 1 atom stereocenters. The summed E-state index contributed by atoms with van der Waals surface area (Å²) in [5.74, 6) is 2.56. The normalized spacial score (nSPS) is 19.3. The molecule has 116 valence electrons. The second kappa shape index (κ2) is 5.91. The van der Waals surface area contributed by atoms with Crippen molar-refractivity contribution in [1.29, 1.82) is 0 Å². The van der Waals surface area contributed by atoms with Crippen LogP contribution < -0.4 is 0 Å². The second-order valence-corrected chi connectivity index (χ2v) is 6.03. The van der Waals surface area contributed by atoms with E-state index in [1.165, 1.54) is 0 Å². The largest absolute Gasteiger partial charge is 0.353 e. The third kappa shape index (κ3) is 2.74. The van der Waals surface area contributed by atoms with Crippen LogP contribution in [0.5, 0.6) is 0 Å². The predicted octanol–water partition coefficient (Wildman–Crippen LogP) is 3.56. The van der Waals surface area contributed by atoms with Crippen molar-refractivity contribution in [1.82, 2.24) is 4.90 Å². The van der Waals surface area contributed by atoms with Gasteiger partial charge in [-0.05, 0) is 31.0 Å². The third-order valence-corrected chi connectivity index (χ3v) is 4.14. The molecule has 1 aliphatic rings. The maximum atomic E-state index is 13.2. The lowest BCUT2D eigenvalue weighted by Gasteiger charge is -2.32. The fourth-order valence-electron chi connectivity index (χ4n) is 2.98.